The Balaban J connectivity index is 1.95. The van der Waals surface area contributed by atoms with Crippen molar-refractivity contribution in [1.82, 2.24) is 10.3 Å². The molecule has 24 heavy (non-hydrogen) atoms. The van der Waals surface area contributed by atoms with Crippen LogP contribution in [0.25, 0.3) is 6.08 Å². The zero-order valence-corrected chi connectivity index (χ0v) is 13.2. The van der Waals surface area contributed by atoms with Gasteiger partial charge in [0.2, 0.25) is 5.91 Å². The third kappa shape index (κ3) is 5.14. The molecule has 6 heteroatoms. The molecule has 0 saturated carbocycles. The molecule has 0 aliphatic carbocycles. The van der Waals surface area contributed by atoms with Crippen molar-refractivity contribution in [2.24, 2.45) is 0 Å². The SMILES string of the molecule is COc1cc(/C=C/C(=O)NCc2cccnc2)ccc1OCC#N. The second-order valence-electron chi connectivity index (χ2n) is 4.77. The smallest absolute Gasteiger partial charge is 0.244 e. The number of ether oxygens (including phenoxy) is 2. The largest absolute Gasteiger partial charge is 0.493 e. The molecule has 0 aliphatic rings. The average Bonchev–Trinajstić information content (AvgIpc) is 2.64. The van der Waals surface area contributed by atoms with Crippen molar-refractivity contribution in [3.05, 3.63) is 59.9 Å². The second kappa shape index (κ2) is 8.96. The van der Waals surface area contributed by atoms with Crippen LogP contribution in [-0.2, 0) is 11.3 Å². The number of nitrogens with zero attached hydrogens (tertiary/aromatic N) is 2. The summed E-state index contributed by atoms with van der Waals surface area (Å²) in [6, 6.07) is 10.8. The molecule has 0 spiro atoms. The number of methoxy groups -OCH3 is 1. The molecular formula is C18H17N3O3. The molecule has 2 rings (SSSR count). The number of carbonyl (C=O) groups excluding carboxylic acids is 1. The molecule has 1 heterocycles. The Bertz CT molecular complexity index is 752. The van der Waals surface area contributed by atoms with Gasteiger partial charge in [-0.15, -0.1) is 0 Å². The number of aromatic nitrogens is 1. The highest BCUT2D eigenvalue weighted by Crippen LogP contribution is 2.28. The number of benzene rings is 1. The Hall–Kier alpha value is -3.33. The molecule has 0 saturated heterocycles. The summed E-state index contributed by atoms with van der Waals surface area (Å²) in [7, 11) is 1.52. The number of amides is 1. The lowest BCUT2D eigenvalue weighted by Gasteiger charge is -2.08. The molecule has 1 aromatic carbocycles. The van der Waals surface area contributed by atoms with E-state index in [-0.39, 0.29) is 12.5 Å². The van der Waals surface area contributed by atoms with Crippen molar-refractivity contribution in [3.63, 3.8) is 0 Å². The minimum Gasteiger partial charge on any atom is -0.493 e. The van der Waals surface area contributed by atoms with Crippen molar-refractivity contribution >= 4 is 12.0 Å². The van der Waals surface area contributed by atoms with E-state index >= 15 is 0 Å². The number of hydrogen-bond donors (Lipinski definition) is 1. The number of nitrogens with one attached hydrogen (secondary N) is 1. The van der Waals surface area contributed by atoms with E-state index in [1.807, 2.05) is 18.2 Å². The topological polar surface area (TPSA) is 84.2 Å². The highest BCUT2D eigenvalue weighted by atomic mass is 16.5. The van der Waals surface area contributed by atoms with Crippen LogP contribution in [0, 0.1) is 11.3 Å². The predicted molar refractivity (Wildman–Crippen MR) is 89.2 cm³/mol. The molecule has 0 atom stereocenters. The molecular weight excluding hydrogens is 306 g/mol. The summed E-state index contributed by atoms with van der Waals surface area (Å²) in [5.41, 5.74) is 1.72. The van der Waals surface area contributed by atoms with Crippen molar-refractivity contribution in [2.75, 3.05) is 13.7 Å². The van der Waals surface area contributed by atoms with Crippen molar-refractivity contribution < 1.29 is 14.3 Å². The van der Waals surface area contributed by atoms with Crippen LogP contribution < -0.4 is 14.8 Å². The molecule has 0 radical (unpaired) electrons. The van der Waals surface area contributed by atoms with E-state index in [2.05, 4.69) is 10.3 Å². The fraction of sp³-hybridized carbons (Fsp3) is 0.167. The molecule has 0 unspecified atom stereocenters. The maximum Gasteiger partial charge on any atom is 0.244 e. The van der Waals surface area contributed by atoms with Crippen molar-refractivity contribution in [3.8, 4) is 17.6 Å². The van der Waals surface area contributed by atoms with Crippen LogP contribution >= 0.6 is 0 Å². The van der Waals surface area contributed by atoms with Crippen LogP contribution in [-0.4, -0.2) is 24.6 Å². The third-order valence-electron chi connectivity index (χ3n) is 3.10. The van der Waals surface area contributed by atoms with E-state index < -0.39 is 0 Å². The highest BCUT2D eigenvalue weighted by molar-refractivity contribution is 5.91. The Morgan fingerprint density at radius 2 is 2.25 bits per heavy atom. The zero-order valence-electron chi connectivity index (χ0n) is 13.2. The van der Waals surface area contributed by atoms with E-state index in [0.29, 0.717) is 18.0 Å². The zero-order chi connectivity index (χ0) is 17.2. The quantitative estimate of drug-likeness (QED) is 0.791. The van der Waals surface area contributed by atoms with Gasteiger partial charge in [0.1, 0.15) is 6.07 Å². The molecule has 1 aromatic heterocycles. The Kier molecular flexibility index (Phi) is 6.35. The lowest BCUT2D eigenvalue weighted by atomic mass is 10.2. The monoisotopic (exact) mass is 323 g/mol. The van der Waals surface area contributed by atoms with Gasteiger partial charge in [-0.3, -0.25) is 9.78 Å². The lowest BCUT2D eigenvalue weighted by Crippen LogP contribution is -2.20. The number of nitriles is 1. The number of rotatable bonds is 7. The minimum absolute atomic E-state index is 0.0533. The van der Waals surface area contributed by atoms with Crippen LogP contribution in [0.5, 0.6) is 11.5 Å². The van der Waals surface area contributed by atoms with Crippen LogP contribution in [0.1, 0.15) is 11.1 Å². The Labute approximate surface area is 140 Å². The molecule has 0 bridgehead atoms. The van der Waals surface area contributed by atoms with Crippen molar-refractivity contribution in [2.45, 2.75) is 6.54 Å². The molecule has 2 aromatic rings. The summed E-state index contributed by atoms with van der Waals surface area (Å²) >= 11 is 0. The fourth-order valence-corrected chi connectivity index (χ4v) is 1.94. The van der Waals surface area contributed by atoms with Crippen LogP contribution in [0.2, 0.25) is 0 Å². The van der Waals surface area contributed by atoms with E-state index in [9.17, 15) is 4.79 Å². The molecule has 1 amide bonds. The summed E-state index contributed by atoms with van der Waals surface area (Å²) in [5, 5.41) is 11.3. The third-order valence-corrected chi connectivity index (χ3v) is 3.10. The first kappa shape index (κ1) is 17.0. The highest BCUT2D eigenvalue weighted by Gasteiger charge is 2.05. The molecule has 122 valence electrons. The van der Waals surface area contributed by atoms with E-state index in [1.165, 1.54) is 13.2 Å². The van der Waals surface area contributed by atoms with Gasteiger partial charge in [-0.2, -0.15) is 5.26 Å². The Morgan fingerprint density at radius 3 is 2.96 bits per heavy atom. The van der Waals surface area contributed by atoms with Gasteiger partial charge in [0, 0.05) is 25.0 Å². The second-order valence-corrected chi connectivity index (χ2v) is 4.77. The van der Waals surface area contributed by atoms with Gasteiger partial charge in [-0.05, 0) is 35.4 Å². The van der Waals surface area contributed by atoms with Crippen LogP contribution in [0.4, 0.5) is 0 Å². The first-order chi connectivity index (χ1) is 11.7. The van der Waals surface area contributed by atoms with E-state index in [4.69, 9.17) is 14.7 Å². The van der Waals surface area contributed by atoms with Gasteiger partial charge >= 0.3 is 0 Å². The fourth-order valence-electron chi connectivity index (χ4n) is 1.94. The van der Waals surface area contributed by atoms with Gasteiger partial charge in [0.25, 0.3) is 0 Å². The maximum atomic E-state index is 11.8. The summed E-state index contributed by atoms with van der Waals surface area (Å²) in [5.74, 6) is 0.781. The predicted octanol–water partition coefficient (Wildman–Crippen LogP) is 2.32. The molecule has 6 nitrogen and oxygen atoms in total. The van der Waals surface area contributed by atoms with Gasteiger partial charge in [-0.1, -0.05) is 12.1 Å². The van der Waals surface area contributed by atoms with Gasteiger partial charge < -0.3 is 14.8 Å². The van der Waals surface area contributed by atoms with Crippen molar-refractivity contribution in [1.29, 1.82) is 5.26 Å². The van der Waals surface area contributed by atoms with Crippen LogP contribution in [0.15, 0.2) is 48.8 Å². The van der Waals surface area contributed by atoms with Crippen LogP contribution in [0.3, 0.4) is 0 Å². The Morgan fingerprint density at radius 1 is 1.38 bits per heavy atom. The van der Waals surface area contributed by atoms with Gasteiger partial charge in [0.15, 0.2) is 18.1 Å². The van der Waals surface area contributed by atoms with Gasteiger partial charge in [-0.25, -0.2) is 0 Å². The standard InChI is InChI=1S/C18H17N3O3/c1-23-17-11-14(4-6-16(17)24-10-8-19)5-7-18(22)21-13-15-3-2-9-20-12-15/h2-7,9,11-12H,10,13H2,1H3,(H,21,22)/b7-5+. The summed E-state index contributed by atoms with van der Waals surface area (Å²) in [4.78, 5) is 15.8. The molecule has 0 fully saturated rings. The van der Waals surface area contributed by atoms with E-state index in [1.54, 1.807) is 36.7 Å². The number of pyridine rings is 1. The maximum absolute atomic E-state index is 11.8. The minimum atomic E-state index is -0.206. The average molecular weight is 323 g/mol. The first-order valence-electron chi connectivity index (χ1n) is 7.25. The van der Waals surface area contributed by atoms with E-state index in [0.717, 1.165) is 11.1 Å². The summed E-state index contributed by atoms with van der Waals surface area (Å²) < 4.78 is 10.5. The van der Waals surface area contributed by atoms with Gasteiger partial charge in [0.05, 0.1) is 7.11 Å². The molecule has 0 aliphatic heterocycles. The summed E-state index contributed by atoms with van der Waals surface area (Å²) in [6.45, 7) is 0.365. The molecule has 1 N–H and O–H groups in total. The first-order valence-corrected chi connectivity index (χ1v) is 7.25. The summed E-state index contributed by atoms with van der Waals surface area (Å²) in [6.07, 6.45) is 6.51. The normalized spacial score (nSPS) is 10.2. The lowest BCUT2D eigenvalue weighted by molar-refractivity contribution is -0.116. The number of hydrogen-bond acceptors (Lipinski definition) is 5. The number of carbonyl (C=O) groups is 1.